The number of carbonyl (C=O) groups is 2. The highest BCUT2D eigenvalue weighted by Crippen LogP contribution is 2.31. The maximum Gasteiger partial charge on any atom is 0.407 e. The monoisotopic (exact) mass is 536 g/mol. The quantitative estimate of drug-likeness (QED) is 0.392. The van der Waals surface area contributed by atoms with Crippen molar-refractivity contribution >= 4 is 23.5 Å². The smallest absolute Gasteiger partial charge is 0.407 e. The predicted octanol–water partition coefficient (Wildman–Crippen LogP) is 4.14. The summed E-state index contributed by atoms with van der Waals surface area (Å²) in [6.07, 6.45) is 3.69. The largest absolute Gasteiger partial charge is 0.492 e. The number of anilines is 2. The summed E-state index contributed by atoms with van der Waals surface area (Å²) in [6, 6.07) is 9.23. The lowest BCUT2D eigenvalue weighted by atomic mass is 10.2. The van der Waals surface area contributed by atoms with Gasteiger partial charge >= 0.3 is 6.09 Å². The van der Waals surface area contributed by atoms with E-state index in [1.165, 1.54) is 12.1 Å². The second-order valence-corrected chi connectivity index (χ2v) is 10.2. The van der Waals surface area contributed by atoms with E-state index >= 15 is 0 Å². The lowest BCUT2D eigenvalue weighted by Crippen LogP contribution is -2.34. The molecule has 39 heavy (non-hydrogen) atoms. The second-order valence-electron chi connectivity index (χ2n) is 10.2. The topological polar surface area (TPSA) is 119 Å². The van der Waals surface area contributed by atoms with Crippen molar-refractivity contribution in [1.82, 2.24) is 20.3 Å². The fraction of sp³-hybridized carbons (Fsp3) is 0.393. The molecule has 1 aromatic carbocycles. The zero-order valence-corrected chi connectivity index (χ0v) is 22.6. The molecule has 0 unspecified atom stereocenters. The second kappa shape index (κ2) is 12.1. The van der Waals surface area contributed by atoms with Crippen LogP contribution < -0.4 is 20.3 Å². The van der Waals surface area contributed by atoms with E-state index in [9.17, 15) is 14.0 Å². The van der Waals surface area contributed by atoms with E-state index in [2.05, 4.69) is 15.6 Å². The third kappa shape index (κ3) is 7.86. The van der Waals surface area contributed by atoms with Crippen molar-refractivity contribution in [3.63, 3.8) is 0 Å². The number of hydrogen-bond acceptors (Lipinski definition) is 8. The normalized spacial score (nSPS) is 12.4. The molecule has 0 radical (unpaired) electrons. The number of halogens is 1. The van der Waals surface area contributed by atoms with Gasteiger partial charge in [-0.3, -0.25) is 9.78 Å². The van der Waals surface area contributed by atoms with Crippen molar-refractivity contribution < 1.29 is 23.5 Å². The fourth-order valence-corrected chi connectivity index (χ4v) is 4.16. The number of ether oxygens (including phenoxy) is 2. The molecule has 0 saturated carbocycles. The summed E-state index contributed by atoms with van der Waals surface area (Å²) >= 11 is 0. The van der Waals surface area contributed by atoms with Crippen LogP contribution in [0.4, 0.5) is 20.7 Å². The first-order chi connectivity index (χ1) is 18.6. The number of likely N-dealkylation sites (N-methyl/N-ethyl adjacent to an activating group) is 1. The van der Waals surface area contributed by atoms with Crippen LogP contribution in [-0.4, -0.2) is 59.3 Å². The number of rotatable bonds is 9. The fourth-order valence-electron chi connectivity index (χ4n) is 4.16. The molecule has 0 saturated heterocycles. The molecule has 2 aromatic heterocycles. The van der Waals surface area contributed by atoms with Gasteiger partial charge in [0.1, 0.15) is 35.3 Å². The molecule has 2 heterocycles. The van der Waals surface area contributed by atoms with E-state index in [-0.39, 0.29) is 25.6 Å². The van der Waals surface area contributed by atoms with Crippen LogP contribution >= 0.6 is 0 Å². The van der Waals surface area contributed by atoms with Crippen LogP contribution in [0.25, 0.3) is 11.5 Å². The Morgan fingerprint density at radius 2 is 1.95 bits per heavy atom. The van der Waals surface area contributed by atoms with Crippen molar-refractivity contribution in [2.75, 3.05) is 37.0 Å². The van der Waals surface area contributed by atoms with E-state index in [0.717, 1.165) is 30.5 Å². The molecule has 0 bridgehead atoms. The molecule has 3 aromatic rings. The maximum absolute atomic E-state index is 13.5. The highest BCUT2D eigenvalue weighted by Gasteiger charge is 2.24. The van der Waals surface area contributed by atoms with Gasteiger partial charge in [0.25, 0.3) is 0 Å². The van der Waals surface area contributed by atoms with E-state index in [1.807, 2.05) is 0 Å². The van der Waals surface area contributed by atoms with Crippen molar-refractivity contribution in [2.24, 2.45) is 0 Å². The molecule has 0 fully saturated rings. The number of fused-ring (bicyclic) bond motifs is 1. The van der Waals surface area contributed by atoms with Crippen LogP contribution in [-0.2, 0) is 22.4 Å². The number of pyridine rings is 1. The Balaban J connectivity index is 1.43. The number of alkyl carbamates (subject to hydrolysis) is 1. The predicted molar refractivity (Wildman–Crippen MR) is 145 cm³/mol. The molecular weight excluding hydrogens is 503 g/mol. The van der Waals surface area contributed by atoms with Crippen LogP contribution in [0.5, 0.6) is 5.75 Å². The SMILES string of the molecule is CN(CC(=O)Nc1cccc(F)c1)c1nc(-c2cc(OCCNC(=O)OC(C)(C)C)ccn2)nc2c1CCC2. The van der Waals surface area contributed by atoms with E-state index in [0.29, 0.717) is 28.8 Å². The summed E-state index contributed by atoms with van der Waals surface area (Å²) in [4.78, 5) is 40.2. The van der Waals surface area contributed by atoms with Gasteiger partial charge in [0.05, 0.1) is 13.1 Å². The first-order valence-corrected chi connectivity index (χ1v) is 12.8. The number of aromatic nitrogens is 3. The summed E-state index contributed by atoms with van der Waals surface area (Å²) in [5.74, 6) is 0.942. The van der Waals surface area contributed by atoms with Gasteiger partial charge in [-0.25, -0.2) is 19.2 Å². The van der Waals surface area contributed by atoms with E-state index in [1.54, 1.807) is 63.2 Å². The summed E-state index contributed by atoms with van der Waals surface area (Å²) in [5, 5.41) is 5.37. The van der Waals surface area contributed by atoms with Gasteiger partial charge in [-0.15, -0.1) is 0 Å². The number of benzene rings is 1. The standard InChI is InChI=1S/C28H33FN6O4/c1-28(2,3)39-27(37)31-13-14-38-20-11-12-30-23(16-20)25-33-22-10-6-9-21(22)26(34-25)35(4)17-24(36)32-19-8-5-7-18(29)15-19/h5,7-8,11-12,15-16H,6,9-10,13-14,17H2,1-4H3,(H,31,37)(H,32,36). The highest BCUT2D eigenvalue weighted by atomic mass is 19.1. The molecule has 1 aliphatic carbocycles. The molecule has 11 heteroatoms. The minimum absolute atomic E-state index is 0.0284. The zero-order valence-electron chi connectivity index (χ0n) is 22.6. The van der Waals surface area contributed by atoms with Crippen molar-refractivity contribution in [3.8, 4) is 17.3 Å². The summed E-state index contributed by atoms with van der Waals surface area (Å²) in [5.41, 5.74) is 2.30. The molecule has 0 atom stereocenters. The van der Waals surface area contributed by atoms with E-state index in [4.69, 9.17) is 19.4 Å². The average Bonchev–Trinajstić information content (AvgIpc) is 3.34. The maximum atomic E-state index is 13.5. The van der Waals surface area contributed by atoms with Gasteiger partial charge in [-0.2, -0.15) is 0 Å². The average molecular weight is 537 g/mol. The Morgan fingerprint density at radius 3 is 2.72 bits per heavy atom. The first-order valence-electron chi connectivity index (χ1n) is 12.8. The lowest BCUT2D eigenvalue weighted by molar-refractivity contribution is -0.114. The van der Waals surface area contributed by atoms with Crippen molar-refractivity contribution in [3.05, 3.63) is 59.7 Å². The Hall–Kier alpha value is -4.28. The molecule has 0 aliphatic heterocycles. The Bertz CT molecular complexity index is 1340. The Labute approximate surface area is 227 Å². The third-order valence-corrected chi connectivity index (χ3v) is 5.76. The van der Waals surface area contributed by atoms with Crippen molar-refractivity contribution in [1.29, 1.82) is 0 Å². The minimum atomic E-state index is -0.571. The molecule has 2 N–H and O–H groups in total. The number of aryl methyl sites for hydroxylation is 1. The number of carbonyl (C=O) groups excluding carboxylic acids is 2. The third-order valence-electron chi connectivity index (χ3n) is 5.76. The number of hydrogen-bond donors (Lipinski definition) is 2. The molecule has 10 nitrogen and oxygen atoms in total. The molecule has 206 valence electrons. The van der Waals surface area contributed by atoms with Gasteiger partial charge in [-0.1, -0.05) is 6.07 Å². The molecule has 4 rings (SSSR count). The van der Waals surface area contributed by atoms with Gasteiger partial charge in [-0.05, 0) is 64.3 Å². The molecular formula is C28H33FN6O4. The number of amides is 2. The van der Waals surface area contributed by atoms with E-state index < -0.39 is 17.5 Å². The van der Waals surface area contributed by atoms with Crippen LogP contribution in [0.2, 0.25) is 0 Å². The number of nitrogens with zero attached hydrogens (tertiary/aromatic N) is 4. The summed E-state index contributed by atoms with van der Waals surface area (Å²) < 4.78 is 24.5. The van der Waals surface area contributed by atoms with Crippen LogP contribution in [0.15, 0.2) is 42.6 Å². The molecule has 1 aliphatic rings. The van der Waals surface area contributed by atoms with Gasteiger partial charge in [0, 0.05) is 36.3 Å². The molecule has 0 spiro atoms. The van der Waals surface area contributed by atoms with Crippen LogP contribution in [0.3, 0.4) is 0 Å². The van der Waals surface area contributed by atoms with Crippen LogP contribution in [0.1, 0.15) is 38.4 Å². The summed E-state index contributed by atoms with van der Waals surface area (Å²) in [6.45, 7) is 5.94. The summed E-state index contributed by atoms with van der Waals surface area (Å²) in [7, 11) is 1.79. The minimum Gasteiger partial charge on any atom is -0.492 e. The Kier molecular flexibility index (Phi) is 8.58. The number of nitrogens with one attached hydrogen (secondary N) is 2. The lowest BCUT2D eigenvalue weighted by Gasteiger charge is -2.21. The van der Waals surface area contributed by atoms with Crippen LogP contribution in [0, 0.1) is 5.82 Å². The molecule has 2 amide bonds. The van der Waals surface area contributed by atoms with Gasteiger partial charge in [0.15, 0.2) is 5.82 Å². The van der Waals surface area contributed by atoms with Gasteiger partial charge < -0.3 is 25.0 Å². The Morgan fingerprint density at radius 1 is 1.13 bits per heavy atom. The highest BCUT2D eigenvalue weighted by molar-refractivity contribution is 5.94. The van der Waals surface area contributed by atoms with Gasteiger partial charge in [0.2, 0.25) is 5.91 Å². The first kappa shape index (κ1) is 27.7. The zero-order chi connectivity index (χ0) is 28.0. The van der Waals surface area contributed by atoms with Crippen molar-refractivity contribution in [2.45, 2.75) is 45.6 Å².